The molecule has 8 atom stereocenters. The van der Waals surface area contributed by atoms with Gasteiger partial charge in [0.25, 0.3) is 11.8 Å². The summed E-state index contributed by atoms with van der Waals surface area (Å²) < 4.78 is 104. The molecule has 8 aliphatic heterocycles. The molecule has 135 heavy (non-hydrogen) atoms. The van der Waals surface area contributed by atoms with Crippen LogP contribution >= 0.6 is 80.6 Å². The minimum Gasteiger partial charge on any atom is -0.870 e. The summed E-state index contributed by atoms with van der Waals surface area (Å²) in [6, 6.07) is 37.8. The van der Waals surface area contributed by atoms with Crippen LogP contribution in [0.3, 0.4) is 0 Å². The summed E-state index contributed by atoms with van der Waals surface area (Å²) in [5, 5.41) is 17.9. The van der Waals surface area contributed by atoms with Crippen LogP contribution in [0.1, 0.15) is 51.3 Å². The Labute approximate surface area is 837 Å². The zero-order valence-electron chi connectivity index (χ0n) is 78.5. The second-order valence-electron chi connectivity index (χ2n) is 32.3. The fourth-order valence-corrected chi connectivity index (χ4v) is 17.1. The first-order valence-corrected chi connectivity index (χ1v) is 47.2. The number of methoxy groups -OCH3 is 5. The average molecular weight is 2090 g/mol. The summed E-state index contributed by atoms with van der Waals surface area (Å²) in [6.45, 7) is 22.3. The number of aliphatic carboxylic acids is 1. The number of amides is 2. The first-order chi connectivity index (χ1) is 63.7. The van der Waals surface area contributed by atoms with Crippen LogP contribution in [0.5, 0.6) is 57.5 Å². The van der Waals surface area contributed by atoms with Crippen LogP contribution in [0, 0.1) is 17.5 Å². The topological polar surface area (TPSA) is 300 Å². The molecule has 40 heteroatoms. The maximum absolute atomic E-state index is 13.3. The van der Waals surface area contributed by atoms with E-state index in [1.165, 1.54) is 63.3 Å². The van der Waals surface area contributed by atoms with Gasteiger partial charge in [-0.15, -0.1) is 0 Å². The Balaban J connectivity index is 0.000000202. The minimum absolute atomic E-state index is 0. The van der Waals surface area contributed by atoms with E-state index in [9.17, 15) is 37.1 Å². The molecule has 4 N–H and O–H groups in total. The fourth-order valence-electron chi connectivity index (χ4n) is 16.0. The van der Waals surface area contributed by atoms with Crippen molar-refractivity contribution in [3.63, 3.8) is 0 Å². The number of nitrogens with one attached hydrogen (secondary N) is 2. The first kappa shape index (κ1) is 111. The second-order valence-corrected chi connectivity index (χ2v) is 34.3. The molecule has 8 heterocycles. The number of carboxylic acid groups (broad SMARTS) is 1. The van der Waals surface area contributed by atoms with Gasteiger partial charge in [0.1, 0.15) is 74.9 Å². The molecular formula is C95H117Cl5F3ILiN11O19. The van der Waals surface area contributed by atoms with Gasteiger partial charge in [-0.2, -0.15) is 0 Å². The summed E-state index contributed by atoms with van der Waals surface area (Å²) in [5.74, 6) is 2.87. The van der Waals surface area contributed by atoms with Crippen molar-refractivity contribution in [3.8, 4) is 57.5 Å². The molecule has 0 saturated carbocycles. The number of fused-ring (bicyclic) bond motifs is 5. The quantitative estimate of drug-likeness (QED) is 0.0311. The third kappa shape index (κ3) is 30.0. The summed E-state index contributed by atoms with van der Waals surface area (Å²) in [7, 11) is 15.2. The zero-order valence-corrected chi connectivity index (χ0v) is 84.5. The van der Waals surface area contributed by atoms with Crippen LogP contribution in [0.4, 0.5) is 41.6 Å². The van der Waals surface area contributed by atoms with Crippen molar-refractivity contribution in [3.05, 3.63) is 193 Å². The Morgan fingerprint density at radius 2 is 0.711 bits per heavy atom. The number of hydrogen-bond donors (Lipinski definition) is 3. The summed E-state index contributed by atoms with van der Waals surface area (Å²) >= 11 is 32.7. The first-order valence-electron chi connectivity index (χ1n) is 43.2. The predicted molar refractivity (Wildman–Crippen MR) is 521 cm³/mol. The van der Waals surface area contributed by atoms with Gasteiger partial charge < -0.3 is 107 Å². The molecule has 730 valence electrons. The second kappa shape index (κ2) is 52.9. The van der Waals surface area contributed by atoms with Crippen LogP contribution in [-0.4, -0.2) is 287 Å². The number of carboxylic acids is 1. The van der Waals surface area contributed by atoms with Crippen molar-refractivity contribution in [1.29, 1.82) is 0 Å². The minimum atomic E-state index is -0.989. The van der Waals surface area contributed by atoms with Gasteiger partial charge in [0.05, 0.1) is 135 Å². The molecule has 0 aromatic heterocycles. The molecule has 16 rings (SSSR count). The van der Waals surface area contributed by atoms with Crippen LogP contribution in [0.25, 0.3) is 0 Å². The molecule has 0 spiro atoms. The van der Waals surface area contributed by atoms with Crippen molar-refractivity contribution >= 4 is 139 Å². The van der Waals surface area contributed by atoms with Gasteiger partial charge in [0.2, 0.25) is 18.3 Å². The van der Waals surface area contributed by atoms with Gasteiger partial charge in [0.15, 0.2) is 12.2 Å². The van der Waals surface area contributed by atoms with E-state index < -0.39 is 36.5 Å². The van der Waals surface area contributed by atoms with E-state index in [0.717, 1.165) is 105 Å². The number of nitrogens with zero attached hydrogens (tertiary/aromatic N) is 9. The van der Waals surface area contributed by atoms with E-state index in [4.69, 9.17) is 120 Å². The van der Waals surface area contributed by atoms with Crippen LogP contribution in [-0.2, 0) is 53.1 Å². The van der Waals surface area contributed by atoms with Crippen molar-refractivity contribution in [2.75, 3.05) is 198 Å². The van der Waals surface area contributed by atoms with E-state index in [1.54, 1.807) is 125 Å². The van der Waals surface area contributed by atoms with Crippen LogP contribution < -0.4 is 96.5 Å². The number of halogens is 9. The third-order valence-electron chi connectivity index (χ3n) is 22.7. The molecule has 3 saturated heterocycles. The van der Waals surface area contributed by atoms with Crippen LogP contribution in [0.2, 0.25) is 25.1 Å². The molecule has 0 aliphatic carbocycles. The largest absolute Gasteiger partial charge is 1.00 e. The van der Waals surface area contributed by atoms with Gasteiger partial charge in [-0.3, -0.25) is 24.3 Å². The molecular weight excluding hydrogens is 1970 g/mol. The fraction of sp³-hybridized carbons (Fsp3) is 0.442. The van der Waals surface area contributed by atoms with E-state index in [0.29, 0.717) is 141 Å². The summed E-state index contributed by atoms with van der Waals surface area (Å²) in [4.78, 5) is 81.3. The summed E-state index contributed by atoms with van der Waals surface area (Å²) in [6.07, 6.45) is -3.34. The van der Waals surface area contributed by atoms with Crippen molar-refractivity contribution < 1.29 is 123 Å². The number of likely N-dealkylation sites (N-methyl/N-ethyl adjacent to an activating group) is 4. The third-order valence-corrected chi connectivity index (χ3v) is 24.2. The van der Waals surface area contributed by atoms with E-state index in [-0.39, 0.29) is 84.2 Å². The maximum atomic E-state index is 13.3. The number of rotatable bonds is 18. The number of anilines is 5. The number of carbonyl (C=O) groups is 5. The Kier molecular flexibility index (Phi) is 43.4. The number of benzene rings is 8. The van der Waals surface area contributed by atoms with E-state index in [1.807, 2.05) is 62.7 Å². The van der Waals surface area contributed by atoms with Crippen molar-refractivity contribution in [1.82, 2.24) is 29.8 Å². The molecule has 3 fully saturated rings. The van der Waals surface area contributed by atoms with E-state index in [2.05, 4.69) is 68.7 Å². The maximum Gasteiger partial charge on any atom is 1.00 e. The van der Waals surface area contributed by atoms with Gasteiger partial charge in [-0.05, 0) is 123 Å². The SMILES string of the molecule is CCOC(=O)C1CN(C)c2cc(Cl)c(OC)cc2O1.CCOC(=O)C1CNc2cc(Cl)c(OC)cc2O1.CI.COc1cc2c(cc1Cl)N(C)CC(C(=O)N1CCN(Cc3ccc(F)cc3)C[C@H]1C)O2.COc1cc2c(cc1Cl)N(C)CC(C(=O)N1CCN(Cc3ccc(F)cc3)C[C@H]1C)O2.COc1cc2c(cc1Cl)N(C)CC(C(=O)O)O2.C[C@@H]1CN(Cc2ccc(F)cc2)CCN1.[Li+].[OH-]. The number of ether oxygens (including phenoxy) is 12. The molecule has 8 aliphatic rings. The molecule has 5 unspecified atom stereocenters. The number of esters is 2. The average Bonchev–Trinajstić information content (AvgIpc) is 0.785. The smallest absolute Gasteiger partial charge is 0.870 e. The van der Waals surface area contributed by atoms with Gasteiger partial charge in [0, 0.05) is 155 Å². The normalized spacial score (nSPS) is 19.5. The van der Waals surface area contributed by atoms with Crippen molar-refractivity contribution in [2.24, 2.45) is 0 Å². The van der Waals surface area contributed by atoms with Gasteiger partial charge in [-0.25, -0.2) is 27.6 Å². The monoisotopic (exact) mass is 2080 g/mol. The van der Waals surface area contributed by atoms with Gasteiger partial charge >= 0.3 is 36.8 Å². The Morgan fingerprint density at radius 1 is 0.415 bits per heavy atom. The van der Waals surface area contributed by atoms with Crippen molar-refractivity contribution in [2.45, 2.75) is 103 Å². The number of piperazine rings is 3. The molecule has 8 aromatic rings. The molecule has 8 aromatic carbocycles. The van der Waals surface area contributed by atoms with E-state index >= 15 is 0 Å². The molecule has 30 nitrogen and oxygen atoms in total. The van der Waals surface area contributed by atoms with Crippen LogP contribution in [0.15, 0.2) is 133 Å². The number of hydrogen-bond acceptors (Lipinski definition) is 27. The molecule has 0 bridgehead atoms. The Hall–Kier alpha value is -9.52. The standard InChI is InChI=1S/2C23H27ClFN3O3.C13H16ClNO4.C12H14ClNO4.C12H17FN2.C11H12ClNO4.CH3I.Li.H2O/c2*1-15-12-27(13-16-4-6-17(25)7-5-16)8-9-28(15)23(29)22-14-26(2)19-10-18(24)20(30-3)11-21(19)31-22;1-4-18-13(16)12-7-15(2)9-5-8(14)10(17-3)6-11(9)19-12;1-3-17-12(15)11-6-14-8-4-7(13)9(16-2)5-10(8)18-11;1-10-8-15(7-6-14-10)9-11-2-4-12(13)5-3-11;1-13-5-10(11(14)15)17-9-4-8(16-2)6(12)3-7(9)13;1-2;;/h2*4-7,10-11,15,22H,8-9,12-14H2,1-3H3;5-6,12H,4,7H2,1-3H3;4-5,11,14H,3,6H2,1-2H3;2-5,10,14H,6-9H2,1H3;3-4,10H,5H2,1-2H3,(H,14,15);1H3;;1H2/q;;;;;;;+1;/p-1/t2*15-,22?;;;10-;;;;/m11..1..../s1. The zero-order chi connectivity index (χ0) is 96.6. The summed E-state index contributed by atoms with van der Waals surface area (Å²) in [5.41, 5.74) is 7.31. The predicted octanol–water partition coefficient (Wildman–Crippen LogP) is 12.2. The number of alkyl halides is 1. The Bertz CT molecular complexity index is 5110. The number of carbonyl (C=O) groups excluding carboxylic acids is 4. The molecule has 0 radical (unpaired) electrons. The Morgan fingerprint density at radius 3 is 1.04 bits per heavy atom. The van der Waals surface area contributed by atoms with Gasteiger partial charge in [-0.1, -0.05) is 117 Å². The molecule has 2 amide bonds.